The second kappa shape index (κ2) is 5.15. The molecule has 0 spiro atoms. The van der Waals surface area contributed by atoms with Gasteiger partial charge in [-0.3, -0.25) is 0 Å². The molecule has 0 saturated carbocycles. The molecule has 0 bridgehead atoms. The van der Waals surface area contributed by atoms with Crippen molar-refractivity contribution in [2.75, 3.05) is 0 Å². The first-order chi connectivity index (χ1) is 8.22. The Labute approximate surface area is 103 Å². The number of hydrogen-bond acceptors (Lipinski definition) is 1. The third-order valence-corrected chi connectivity index (χ3v) is 3.19. The minimum atomic E-state index is -0.526. The lowest BCUT2D eigenvalue weighted by Gasteiger charge is -2.14. The highest BCUT2D eigenvalue weighted by Gasteiger charge is 2.11. The number of benzene rings is 2. The molecule has 0 aliphatic carbocycles. The van der Waals surface area contributed by atoms with E-state index in [9.17, 15) is 5.11 Å². The maximum absolute atomic E-state index is 10.3. The van der Waals surface area contributed by atoms with Gasteiger partial charge < -0.3 is 5.11 Å². The van der Waals surface area contributed by atoms with Gasteiger partial charge in [-0.25, -0.2) is 0 Å². The molecule has 1 nitrogen and oxygen atoms in total. The van der Waals surface area contributed by atoms with Crippen molar-refractivity contribution < 1.29 is 5.11 Å². The molecule has 1 N–H and O–H groups in total. The summed E-state index contributed by atoms with van der Waals surface area (Å²) in [4.78, 5) is 0. The van der Waals surface area contributed by atoms with Crippen LogP contribution >= 0.6 is 0 Å². The summed E-state index contributed by atoms with van der Waals surface area (Å²) in [6, 6.07) is 16.1. The molecule has 1 atom stereocenters. The molecular weight excluding hydrogens is 208 g/mol. The van der Waals surface area contributed by atoms with Crippen molar-refractivity contribution >= 4 is 0 Å². The van der Waals surface area contributed by atoms with E-state index in [2.05, 4.69) is 19.1 Å². The average Bonchev–Trinajstić information content (AvgIpc) is 2.39. The van der Waals surface area contributed by atoms with E-state index in [1.54, 1.807) is 0 Å². The van der Waals surface area contributed by atoms with Crippen LogP contribution in [0, 0.1) is 6.92 Å². The van der Waals surface area contributed by atoms with Crippen molar-refractivity contribution in [3.05, 3.63) is 70.8 Å². The lowest BCUT2D eigenvalue weighted by atomic mass is 9.96. The van der Waals surface area contributed by atoms with E-state index in [0.29, 0.717) is 0 Å². The highest BCUT2D eigenvalue weighted by molar-refractivity contribution is 5.36. The third kappa shape index (κ3) is 2.56. The van der Waals surface area contributed by atoms with Crippen LogP contribution in [0.4, 0.5) is 0 Å². The Bertz CT molecular complexity index is 485. The molecule has 0 heterocycles. The Hall–Kier alpha value is -1.60. The standard InChI is InChI=1S/C16H18O/c1-3-13-8-10-14(11-9-13)16(17)15-7-5-4-6-12(15)2/h4-11,16-17H,3H2,1-2H3/t16-/m0/s1. The van der Waals surface area contributed by atoms with Gasteiger partial charge in [0.25, 0.3) is 0 Å². The van der Waals surface area contributed by atoms with Crippen LogP contribution in [-0.4, -0.2) is 5.11 Å². The van der Waals surface area contributed by atoms with E-state index in [1.807, 2.05) is 43.3 Å². The zero-order chi connectivity index (χ0) is 12.3. The van der Waals surface area contributed by atoms with E-state index in [4.69, 9.17) is 0 Å². The summed E-state index contributed by atoms with van der Waals surface area (Å²) in [5.74, 6) is 0. The normalized spacial score (nSPS) is 12.4. The van der Waals surface area contributed by atoms with Gasteiger partial charge in [-0.2, -0.15) is 0 Å². The zero-order valence-electron chi connectivity index (χ0n) is 10.4. The summed E-state index contributed by atoms with van der Waals surface area (Å²) in [6.45, 7) is 4.16. The summed E-state index contributed by atoms with van der Waals surface area (Å²) in [6.07, 6.45) is 0.503. The van der Waals surface area contributed by atoms with Crippen molar-refractivity contribution in [3.8, 4) is 0 Å². The molecule has 1 heteroatoms. The molecule has 88 valence electrons. The van der Waals surface area contributed by atoms with Crippen LogP contribution in [0.25, 0.3) is 0 Å². The average molecular weight is 226 g/mol. The molecule has 2 rings (SSSR count). The van der Waals surface area contributed by atoms with Crippen molar-refractivity contribution in [1.29, 1.82) is 0 Å². The van der Waals surface area contributed by atoms with Crippen molar-refractivity contribution in [2.24, 2.45) is 0 Å². The molecule has 2 aromatic carbocycles. The second-order valence-electron chi connectivity index (χ2n) is 4.35. The fourth-order valence-corrected chi connectivity index (χ4v) is 2.01. The summed E-state index contributed by atoms with van der Waals surface area (Å²) in [5, 5.41) is 10.3. The predicted molar refractivity (Wildman–Crippen MR) is 71.1 cm³/mol. The smallest absolute Gasteiger partial charge is 0.104 e. The molecule has 0 aliphatic heterocycles. The molecule has 0 amide bonds. The fraction of sp³-hybridized carbons (Fsp3) is 0.250. The molecule has 0 aromatic heterocycles. The van der Waals surface area contributed by atoms with Crippen LogP contribution < -0.4 is 0 Å². The number of rotatable bonds is 3. The monoisotopic (exact) mass is 226 g/mol. The van der Waals surface area contributed by atoms with Crippen LogP contribution in [-0.2, 0) is 6.42 Å². The number of aryl methyl sites for hydroxylation is 2. The summed E-state index contributed by atoms with van der Waals surface area (Å²) >= 11 is 0. The van der Waals surface area contributed by atoms with Gasteiger partial charge in [0.15, 0.2) is 0 Å². The van der Waals surface area contributed by atoms with Gasteiger partial charge in [0, 0.05) is 0 Å². The highest BCUT2D eigenvalue weighted by atomic mass is 16.3. The quantitative estimate of drug-likeness (QED) is 0.847. The first kappa shape index (κ1) is 11.9. The first-order valence-electron chi connectivity index (χ1n) is 6.04. The molecule has 0 radical (unpaired) electrons. The molecule has 17 heavy (non-hydrogen) atoms. The van der Waals surface area contributed by atoms with E-state index in [-0.39, 0.29) is 0 Å². The second-order valence-corrected chi connectivity index (χ2v) is 4.35. The molecule has 0 fully saturated rings. The SMILES string of the molecule is CCc1ccc([C@H](O)c2ccccc2C)cc1. The van der Waals surface area contributed by atoms with Crippen LogP contribution in [0.2, 0.25) is 0 Å². The van der Waals surface area contributed by atoms with Crippen LogP contribution in [0.15, 0.2) is 48.5 Å². The van der Waals surface area contributed by atoms with Gasteiger partial charge in [-0.05, 0) is 35.6 Å². The summed E-state index contributed by atoms with van der Waals surface area (Å²) < 4.78 is 0. The van der Waals surface area contributed by atoms with Crippen molar-refractivity contribution in [1.82, 2.24) is 0 Å². The van der Waals surface area contributed by atoms with Gasteiger partial charge in [-0.15, -0.1) is 0 Å². The van der Waals surface area contributed by atoms with Gasteiger partial charge in [0.1, 0.15) is 6.10 Å². The minimum Gasteiger partial charge on any atom is -0.384 e. The van der Waals surface area contributed by atoms with E-state index >= 15 is 0 Å². The van der Waals surface area contributed by atoms with E-state index < -0.39 is 6.10 Å². The predicted octanol–water partition coefficient (Wildman–Crippen LogP) is 3.64. The fourth-order valence-electron chi connectivity index (χ4n) is 2.01. The largest absolute Gasteiger partial charge is 0.384 e. The Morgan fingerprint density at radius 1 is 1.00 bits per heavy atom. The summed E-state index contributed by atoms with van der Waals surface area (Å²) in [5.41, 5.74) is 4.36. The minimum absolute atomic E-state index is 0.526. The maximum Gasteiger partial charge on any atom is 0.104 e. The van der Waals surface area contributed by atoms with Crippen LogP contribution in [0.1, 0.15) is 35.3 Å². The Morgan fingerprint density at radius 2 is 1.65 bits per heavy atom. The Balaban J connectivity index is 2.30. The molecular formula is C16H18O. The van der Waals surface area contributed by atoms with Gasteiger partial charge in [-0.1, -0.05) is 55.5 Å². The lowest BCUT2D eigenvalue weighted by molar-refractivity contribution is 0.219. The van der Waals surface area contributed by atoms with E-state index in [0.717, 1.165) is 23.1 Å². The number of aliphatic hydroxyl groups excluding tert-OH is 1. The van der Waals surface area contributed by atoms with Crippen molar-refractivity contribution in [3.63, 3.8) is 0 Å². The highest BCUT2D eigenvalue weighted by Crippen LogP contribution is 2.24. The van der Waals surface area contributed by atoms with Crippen LogP contribution in [0.5, 0.6) is 0 Å². The number of hydrogen-bond donors (Lipinski definition) is 1. The lowest BCUT2D eigenvalue weighted by Crippen LogP contribution is -2.01. The first-order valence-corrected chi connectivity index (χ1v) is 6.04. The Morgan fingerprint density at radius 3 is 2.24 bits per heavy atom. The van der Waals surface area contributed by atoms with Gasteiger partial charge in [0.2, 0.25) is 0 Å². The van der Waals surface area contributed by atoms with Gasteiger partial charge in [0.05, 0.1) is 0 Å². The Kier molecular flexibility index (Phi) is 3.60. The van der Waals surface area contributed by atoms with Crippen LogP contribution in [0.3, 0.4) is 0 Å². The third-order valence-electron chi connectivity index (χ3n) is 3.19. The molecule has 2 aromatic rings. The molecule has 0 saturated heterocycles. The number of aliphatic hydroxyl groups is 1. The summed E-state index contributed by atoms with van der Waals surface area (Å²) in [7, 11) is 0. The van der Waals surface area contributed by atoms with Gasteiger partial charge >= 0.3 is 0 Å². The van der Waals surface area contributed by atoms with Crippen molar-refractivity contribution in [2.45, 2.75) is 26.4 Å². The molecule has 0 aliphatic rings. The topological polar surface area (TPSA) is 20.2 Å². The van der Waals surface area contributed by atoms with E-state index in [1.165, 1.54) is 5.56 Å². The molecule has 0 unspecified atom stereocenters. The maximum atomic E-state index is 10.3. The zero-order valence-corrected chi connectivity index (χ0v) is 10.4.